The molecule has 0 heterocycles. The molecule has 1 saturated carbocycles. The van der Waals surface area contributed by atoms with E-state index in [-0.39, 0.29) is 0 Å². The molecule has 0 aliphatic heterocycles. The van der Waals surface area contributed by atoms with Crippen molar-refractivity contribution >= 4 is 0 Å². The van der Waals surface area contributed by atoms with Crippen LogP contribution in [0.1, 0.15) is 88.0 Å². The van der Waals surface area contributed by atoms with Crippen LogP contribution >= 0.6 is 0 Å². The number of hydrogen-bond acceptors (Lipinski definition) is 0. The Morgan fingerprint density at radius 2 is 1.18 bits per heavy atom. The molecule has 1 aliphatic rings. The highest BCUT2D eigenvalue weighted by molar-refractivity contribution is 4.95. The number of rotatable bonds is 1. The van der Waals surface area contributed by atoms with E-state index in [1.165, 1.54) is 25.7 Å². The fourth-order valence-corrected chi connectivity index (χ4v) is 2.70. The van der Waals surface area contributed by atoms with Gasteiger partial charge >= 0.3 is 0 Å². The normalized spacial score (nSPS) is 34.2. The largest absolute Gasteiger partial charge is 0.0683 e. The molecular formula is C17H36. The lowest BCUT2D eigenvalue weighted by molar-refractivity contribution is -0.00596. The van der Waals surface area contributed by atoms with Crippen molar-refractivity contribution in [2.75, 3.05) is 0 Å². The topological polar surface area (TPSA) is 0 Å². The molecule has 0 N–H and O–H groups in total. The van der Waals surface area contributed by atoms with Crippen LogP contribution in [0.3, 0.4) is 0 Å². The maximum atomic E-state index is 2.49. The zero-order valence-electron chi connectivity index (χ0n) is 13.9. The average Bonchev–Trinajstić information content (AvgIpc) is 2.24. The molecule has 1 aliphatic carbocycles. The van der Waals surface area contributed by atoms with Gasteiger partial charge in [-0.15, -0.1) is 0 Å². The van der Waals surface area contributed by atoms with Gasteiger partial charge < -0.3 is 0 Å². The fraction of sp³-hybridized carbons (Fsp3) is 1.00. The van der Waals surface area contributed by atoms with Gasteiger partial charge in [0.05, 0.1) is 0 Å². The first-order valence-electron chi connectivity index (χ1n) is 7.61. The summed E-state index contributed by atoms with van der Waals surface area (Å²) in [7, 11) is 0. The van der Waals surface area contributed by atoms with Crippen LogP contribution in [0.5, 0.6) is 0 Å². The van der Waals surface area contributed by atoms with E-state index in [2.05, 4.69) is 48.5 Å². The van der Waals surface area contributed by atoms with E-state index < -0.39 is 0 Å². The summed E-state index contributed by atoms with van der Waals surface area (Å²) in [6.45, 7) is 21.0. The van der Waals surface area contributed by atoms with Crippen molar-refractivity contribution in [1.29, 1.82) is 0 Å². The van der Waals surface area contributed by atoms with Crippen LogP contribution in [0, 0.1) is 22.2 Å². The Kier molecular flexibility index (Phi) is 5.76. The molecule has 1 rings (SSSR count). The quantitative estimate of drug-likeness (QED) is 0.504. The van der Waals surface area contributed by atoms with E-state index in [4.69, 9.17) is 0 Å². The minimum Gasteiger partial charge on any atom is -0.0683 e. The van der Waals surface area contributed by atoms with Crippen LogP contribution in [-0.2, 0) is 0 Å². The molecule has 0 unspecified atom stereocenters. The Hall–Kier alpha value is 0. The molecule has 0 heteroatoms. The Labute approximate surface area is 111 Å². The van der Waals surface area contributed by atoms with Crippen molar-refractivity contribution in [2.24, 2.45) is 22.2 Å². The van der Waals surface area contributed by atoms with Gasteiger partial charge in [-0.2, -0.15) is 0 Å². The molecule has 17 heavy (non-hydrogen) atoms. The molecule has 0 bridgehead atoms. The lowest BCUT2D eigenvalue weighted by Crippen LogP contribution is -2.41. The van der Waals surface area contributed by atoms with Crippen molar-refractivity contribution in [3.05, 3.63) is 0 Å². The highest BCUT2D eigenvalue weighted by Crippen LogP contribution is 2.55. The Balaban J connectivity index is 0.00000121. The highest BCUT2D eigenvalue weighted by atomic mass is 14.5. The van der Waals surface area contributed by atoms with Crippen molar-refractivity contribution in [3.63, 3.8) is 0 Å². The summed E-state index contributed by atoms with van der Waals surface area (Å²) in [5.41, 5.74) is 1.62. The average molecular weight is 240 g/mol. The minimum absolute atomic E-state index is 0.464. The minimum atomic E-state index is 0.464. The summed E-state index contributed by atoms with van der Waals surface area (Å²) in [6, 6.07) is 0. The molecular weight excluding hydrogens is 204 g/mol. The van der Waals surface area contributed by atoms with Crippen molar-refractivity contribution in [2.45, 2.75) is 88.0 Å². The third-order valence-corrected chi connectivity index (χ3v) is 5.70. The van der Waals surface area contributed by atoms with E-state index in [1.807, 2.05) is 13.8 Å². The molecule has 0 nitrogen and oxygen atoms in total. The van der Waals surface area contributed by atoms with Gasteiger partial charge in [-0.3, -0.25) is 0 Å². The van der Waals surface area contributed by atoms with Crippen LogP contribution in [0.2, 0.25) is 0 Å². The zero-order chi connectivity index (χ0) is 13.9. The Morgan fingerprint density at radius 3 is 1.41 bits per heavy atom. The maximum absolute atomic E-state index is 2.49. The summed E-state index contributed by atoms with van der Waals surface area (Å²) < 4.78 is 0. The van der Waals surface area contributed by atoms with Gasteiger partial charge in [-0.1, -0.05) is 62.3 Å². The summed E-state index contributed by atoms with van der Waals surface area (Å²) >= 11 is 0. The summed E-state index contributed by atoms with van der Waals surface area (Å²) in [6.07, 6.45) is 5.65. The predicted octanol–water partition coefficient (Wildman–Crippen LogP) is 6.30. The second-order valence-electron chi connectivity index (χ2n) is 7.62. The fourth-order valence-electron chi connectivity index (χ4n) is 2.70. The standard InChI is InChI=1S/C15H30.C2H6/c1-12(2)14(6)8-10-15(7,11-9-14)13(3,4)5;1-2/h12H,8-11H2,1-7H3;1-2H3. The number of hydrogen-bond donors (Lipinski definition) is 0. The molecule has 0 aromatic heterocycles. The molecule has 0 saturated heterocycles. The van der Waals surface area contributed by atoms with Gasteiger partial charge in [0, 0.05) is 0 Å². The summed E-state index contributed by atoms with van der Waals surface area (Å²) in [5.74, 6) is 0.835. The molecule has 104 valence electrons. The van der Waals surface area contributed by atoms with Crippen LogP contribution in [-0.4, -0.2) is 0 Å². The van der Waals surface area contributed by atoms with Crippen LogP contribution in [0.4, 0.5) is 0 Å². The van der Waals surface area contributed by atoms with Gasteiger partial charge in [0.15, 0.2) is 0 Å². The third kappa shape index (κ3) is 3.73. The second kappa shape index (κ2) is 5.76. The SMILES string of the molecule is CC.CC(C)C1(C)CCC(C)(C(C)(C)C)CC1. The first-order valence-corrected chi connectivity index (χ1v) is 7.61. The summed E-state index contributed by atoms with van der Waals surface area (Å²) in [4.78, 5) is 0. The van der Waals surface area contributed by atoms with Gasteiger partial charge in [-0.05, 0) is 47.8 Å². The van der Waals surface area contributed by atoms with Crippen molar-refractivity contribution in [3.8, 4) is 0 Å². The van der Waals surface area contributed by atoms with Crippen LogP contribution in [0.15, 0.2) is 0 Å². The first kappa shape index (κ1) is 17.0. The Bertz CT molecular complexity index is 209. The maximum Gasteiger partial charge on any atom is -0.0277 e. The summed E-state index contributed by atoms with van der Waals surface area (Å²) in [5, 5.41) is 0. The third-order valence-electron chi connectivity index (χ3n) is 5.70. The lowest BCUT2D eigenvalue weighted by Gasteiger charge is -2.51. The molecule has 0 amide bonds. The molecule has 0 atom stereocenters. The molecule has 0 aromatic rings. The van der Waals surface area contributed by atoms with Crippen molar-refractivity contribution < 1.29 is 0 Å². The van der Waals surface area contributed by atoms with E-state index in [1.54, 1.807) is 0 Å². The Morgan fingerprint density at radius 1 is 0.824 bits per heavy atom. The highest BCUT2D eigenvalue weighted by Gasteiger charge is 2.44. The predicted molar refractivity (Wildman–Crippen MR) is 80.3 cm³/mol. The second-order valence-corrected chi connectivity index (χ2v) is 7.62. The van der Waals surface area contributed by atoms with E-state index >= 15 is 0 Å². The van der Waals surface area contributed by atoms with E-state index in [0.29, 0.717) is 16.2 Å². The van der Waals surface area contributed by atoms with Crippen LogP contribution < -0.4 is 0 Å². The van der Waals surface area contributed by atoms with Gasteiger partial charge in [0.1, 0.15) is 0 Å². The van der Waals surface area contributed by atoms with Crippen LogP contribution in [0.25, 0.3) is 0 Å². The molecule has 0 aromatic carbocycles. The smallest absolute Gasteiger partial charge is 0.0277 e. The lowest BCUT2D eigenvalue weighted by atomic mass is 9.54. The molecule has 0 radical (unpaired) electrons. The van der Waals surface area contributed by atoms with Gasteiger partial charge in [0.2, 0.25) is 0 Å². The van der Waals surface area contributed by atoms with Crippen molar-refractivity contribution in [1.82, 2.24) is 0 Å². The molecule has 1 fully saturated rings. The van der Waals surface area contributed by atoms with Gasteiger partial charge in [-0.25, -0.2) is 0 Å². The van der Waals surface area contributed by atoms with E-state index in [9.17, 15) is 0 Å². The first-order chi connectivity index (χ1) is 7.61. The van der Waals surface area contributed by atoms with Gasteiger partial charge in [0.25, 0.3) is 0 Å². The molecule has 0 spiro atoms. The van der Waals surface area contributed by atoms with E-state index in [0.717, 1.165) is 5.92 Å². The zero-order valence-corrected chi connectivity index (χ0v) is 13.9. The monoisotopic (exact) mass is 240 g/mol.